The van der Waals surface area contributed by atoms with E-state index >= 15 is 0 Å². The lowest BCUT2D eigenvalue weighted by Crippen LogP contribution is -2.27. The zero-order valence-corrected chi connectivity index (χ0v) is 15.9. The minimum Gasteiger partial charge on any atom is -0.355 e. The van der Waals surface area contributed by atoms with Crippen LogP contribution in [0.3, 0.4) is 0 Å². The molecule has 140 valence electrons. The molecule has 1 saturated heterocycles. The Morgan fingerprint density at radius 3 is 2.67 bits per heavy atom. The van der Waals surface area contributed by atoms with Gasteiger partial charge in [-0.1, -0.05) is 30.3 Å². The summed E-state index contributed by atoms with van der Waals surface area (Å²) in [5.74, 6) is 2.33. The molecule has 1 fully saturated rings. The molecule has 2 aromatic heterocycles. The number of anilines is 1. The molecule has 0 saturated carbocycles. The molecule has 0 spiro atoms. The summed E-state index contributed by atoms with van der Waals surface area (Å²) in [6.45, 7) is 4.85. The Labute approximate surface area is 160 Å². The monoisotopic (exact) mass is 362 g/mol. The lowest BCUT2D eigenvalue weighted by Gasteiger charge is -2.24. The quantitative estimate of drug-likeness (QED) is 0.729. The van der Waals surface area contributed by atoms with E-state index in [4.69, 9.17) is 4.98 Å². The molecule has 3 heterocycles. The summed E-state index contributed by atoms with van der Waals surface area (Å²) in [6.07, 6.45) is 4.18. The van der Waals surface area contributed by atoms with Gasteiger partial charge in [0.15, 0.2) is 0 Å². The van der Waals surface area contributed by atoms with Gasteiger partial charge >= 0.3 is 0 Å². The highest BCUT2D eigenvalue weighted by molar-refractivity contribution is 5.63. The van der Waals surface area contributed by atoms with E-state index in [0.717, 1.165) is 60.9 Å². The number of hydrogen-bond acceptors (Lipinski definition) is 5. The van der Waals surface area contributed by atoms with Crippen LogP contribution in [-0.2, 0) is 6.54 Å². The molecular formula is C21H26N6. The second-order valence-electron chi connectivity index (χ2n) is 7.21. The summed E-state index contributed by atoms with van der Waals surface area (Å²) in [7, 11) is 2.08. The van der Waals surface area contributed by atoms with Gasteiger partial charge in [-0.2, -0.15) is 5.10 Å². The predicted molar refractivity (Wildman–Crippen MR) is 108 cm³/mol. The van der Waals surface area contributed by atoms with Crippen LogP contribution in [0.1, 0.15) is 35.8 Å². The number of nitrogens with zero attached hydrogens (tertiary/aromatic N) is 4. The van der Waals surface area contributed by atoms with Crippen molar-refractivity contribution in [2.24, 2.45) is 0 Å². The van der Waals surface area contributed by atoms with Crippen LogP contribution in [0, 0.1) is 6.92 Å². The molecule has 0 radical (unpaired) electrons. The first kappa shape index (κ1) is 17.7. The van der Waals surface area contributed by atoms with Gasteiger partial charge in [0.2, 0.25) is 0 Å². The molecule has 0 amide bonds. The zero-order valence-electron chi connectivity index (χ0n) is 15.9. The van der Waals surface area contributed by atoms with E-state index in [-0.39, 0.29) is 0 Å². The fourth-order valence-corrected chi connectivity index (χ4v) is 3.72. The van der Waals surface area contributed by atoms with Crippen molar-refractivity contribution < 1.29 is 0 Å². The second kappa shape index (κ2) is 7.88. The van der Waals surface area contributed by atoms with Crippen molar-refractivity contribution >= 4 is 5.82 Å². The van der Waals surface area contributed by atoms with Crippen molar-refractivity contribution in [3.63, 3.8) is 0 Å². The molecule has 4 rings (SSSR count). The molecule has 1 aromatic carbocycles. The highest BCUT2D eigenvalue weighted by Gasteiger charge is 2.19. The normalized spacial score (nSPS) is 15.0. The number of aryl methyl sites for hydroxylation is 1. The number of rotatable bonds is 5. The third-order valence-corrected chi connectivity index (χ3v) is 5.18. The van der Waals surface area contributed by atoms with Gasteiger partial charge in [-0.3, -0.25) is 5.10 Å². The number of H-pyrrole nitrogens is 1. The smallest absolute Gasteiger partial charge is 0.132 e. The van der Waals surface area contributed by atoms with Crippen LogP contribution in [0.2, 0.25) is 0 Å². The molecule has 27 heavy (non-hydrogen) atoms. The van der Waals surface area contributed by atoms with E-state index in [1.54, 1.807) is 0 Å². The highest BCUT2D eigenvalue weighted by Crippen LogP contribution is 2.27. The Balaban J connectivity index is 1.56. The molecule has 0 aliphatic carbocycles. The van der Waals surface area contributed by atoms with Crippen LogP contribution in [-0.4, -0.2) is 40.3 Å². The molecule has 2 N–H and O–H groups in total. The third-order valence-electron chi connectivity index (χ3n) is 5.18. The van der Waals surface area contributed by atoms with Gasteiger partial charge in [0, 0.05) is 36.8 Å². The van der Waals surface area contributed by atoms with Crippen LogP contribution in [0.15, 0.2) is 42.6 Å². The summed E-state index contributed by atoms with van der Waals surface area (Å²) < 4.78 is 0. The van der Waals surface area contributed by atoms with E-state index < -0.39 is 0 Å². The lowest BCUT2D eigenvalue weighted by atomic mass is 9.94. The van der Waals surface area contributed by atoms with Crippen molar-refractivity contribution in [3.05, 3.63) is 59.7 Å². The molecule has 3 aromatic rings. The van der Waals surface area contributed by atoms with Gasteiger partial charge in [0.05, 0.1) is 11.9 Å². The second-order valence-corrected chi connectivity index (χ2v) is 7.21. The maximum absolute atomic E-state index is 4.72. The first-order valence-electron chi connectivity index (χ1n) is 9.56. The molecule has 0 bridgehead atoms. The van der Waals surface area contributed by atoms with Gasteiger partial charge in [0.25, 0.3) is 0 Å². The maximum Gasteiger partial charge on any atom is 0.132 e. The molecule has 1 aliphatic heterocycles. The van der Waals surface area contributed by atoms with E-state index in [0.29, 0.717) is 5.92 Å². The van der Waals surface area contributed by atoms with E-state index in [1.807, 2.05) is 31.3 Å². The first-order valence-corrected chi connectivity index (χ1v) is 9.56. The highest BCUT2D eigenvalue weighted by atomic mass is 15.2. The molecular weight excluding hydrogens is 336 g/mol. The van der Waals surface area contributed by atoms with Crippen LogP contribution in [0.5, 0.6) is 0 Å². The predicted octanol–water partition coefficient (Wildman–Crippen LogP) is 3.28. The summed E-state index contributed by atoms with van der Waals surface area (Å²) in [6, 6.07) is 12.5. The van der Waals surface area contributed by atoms with Gasteiger partial charge in [-0.25, -0.2) is 9.97 Å². The largest absolute Gasteiger partial charge is 0.355 e. The number of aromatic amines is 1. The third kappa shape index (κ3) is 4.01. The van der Waals surface area contributed by atoms with Crippen molar-refractivity contribution in [2.45, 2.75) is 32.2 Å². The van der Waals surface area contributed by atoms with Crippen LogP contribution in [0.4, 0.5) is 5.82 Å². The molecule has 0 unspecified atom stereocenters. The SMILES string of the molecule is Cc1nc(C2CCNCC2)cc(N(C)Cc2cn[nH]c2-c2ccccc2)n1. The molecule has 0 atom stereocenters. The minimum absolute atomic E-state index is 0.522. The average Bonchev–Trinajstić information content (AvgIpc) is 3.17. The Bertz CT molecular complexity index is 883. The summed E-state index contributed by atoms with van der Waals surface area (Å²) in [5.41, 5.74) is 4.53. The molecule has 6 nitrogen and oxygen atoms in total. The fraction of sp³-hybridized carbons (Fsp3) is 0.381. The van der Waals surface area contributed by atoms with E-state index in [9.17, 15) is 0 Å². The topological polar surface area (TPSA) is 69.7 Å². The van der Waals surface area contributed by atoms with Gasteiger partial charge in [-0.15, -0.1) is 0 Å². The standard InChI is InChI=1S/C21H26N6/c1-15-24-19(16-8-10-22-11-9-16)12-20(25-15)27(2)14-18-13-23-26-21(18)17-6-4-3-5-7-17/h3-7,12-13,16,22H,8-11,14H2,1-2H3,(H,23,26). The minimum atomic E-state index is 0.522. The van der Waals surface area contributed by atoms with Crippen LogP contribution >= 0.6 is 0 Å². The van der Waals surface area contributed by atoms with E-state index in [2.05, 4.69) is 50.6 Å². The Morgan fingerprint density at radius 2 is 1.89 bits per heavy atom. The number of aromatic nitrogens is 4. The van der Waals surface area contributed by atoms with Gasteiger partial charge in [-0.05, 0) is 38.4 Å². The molecule has 6 heteroatoms. The summed E-state index contributed by atoms with van der Waals surface area (Å²) in [4.78, 5) is 11.6. The Kier molecular flexibility index (Phi) is 5.16. The first-order chi connectivity index (χ1) is 13.2. The van der Waals surface area contributed by atoms with E-state index in [1.165, 1.54) is 5.69 Å². The summed E-state index contributed by atoms with van der Waals surface area (Å²) >= 11 is 0. The van der Waals surface area contributed by atoms with Crippen LogP contribution in [0.25, 0.3) is 11.3 Å². The maximum atomic E-state index is 4.72. The van der Waals surface area contributed by atoms with Gasteiger partial charge < -0.3 is 10.2 Å². The number of hydrogen-bond donors (Lipinski definition) is 2. The van der Waals surface area contributed by atoms with Gasteiger partial charge in [0.1, 0.15) is 11.6 Å². The van der Waals surface area contributed by atoms with Crippen molar-refractivity contribution in [1.29, 1.82) is 0 Å². The lowest BCUT2D eigenvalue weighted by molar-refractivity contribution is 0.452. The molecule has 1 aliphatic rings. The Morgan fingerprint density at radius 1 is 1.11 bits per heavy atom. The van der Waals surface area contributed by atoms with Crippen molar-refractivity contribution in [3.8, 4) is 11.3 Å². The number of nitrogens with one attached hydrogen (secondary N) is 2. The van der Waals surface area contributed by atoms with Crippen molar-refractivity contribution in [2.75, 3.05) is 25.0 Å². The fourth-order valence-electron chi connectivity index (χ4n) is 3.72. The number of benzene rings is 1. The van der Waals surface area contributed by atoms with Crippen molar-refractivity contribution in [1.82, 2.24) is 25.5 Å². The van der Waals surface area contributed by atoms with Crippen LogP contribution < -0.4 is 10.2 Å². The average molecular weight is 362 g/mol. The Hall–Kier alpha value is -2.73. The zero-order chi connectivity index (χ0) is 18.6. The summed E-state index contributed by atoms with van der Waals surface area (Å²) in [5, 5.41) is 10.8. The number of piperidine rings is 1.